The molecule has 1 N–H and O–H groups in total. The molecule has 0 fully saturated rings. The molecule has 1 heterocycles. The van der Waals surface area contributed by atoms with E-state index in [2.05, 4.69) is 10.5 Å². The predicted octanol–water partition coefficient (Wildman–Crippen LogP) is 5.23. The van der Waals surface area contributed by atoms with Crippen LogP contribution in [0.3, 0.4) is 0 Å². The number of aryl methyl sites for hydroxylation is 1. The standard InChI is InChI=1S/C19H16Cl2N2O4/c1-10-16(17(23-27-10)12-6-4-5-7-13(12)20)19(24)22-18-14(21)8-11(25-2)9-15(18)26-3/h4-9H,1-3H3,(H,22,24). The first kappa shape index (κ1) is 19.1. The van der Waals surface area contributed by atoms with Crippen molar-refractivity contribution in [2.24, 2.45) is 0 Å². The first-order valence-electron chi connectivity index (χ1n) is 7.90. The van der Waals surface area contributed by atoms with Crippen LogP contribution in [0.2, 0.25) is 10.0 Å². The van der Waals surface area contributed by atoms with Crippen LogP contribution in [-0.4, -0.2) is 25.3 Å². The van der Waals surface area contributed by atoms with Gasteiger partial charge < -0.3 is 19.3 Å². The summed E-state index contributed by atoms with van der Waals surface area (Å²) >= 11 is 12.5. The lowest BCUT2D eigenvalue weighted by Crippen LogP contribution is -2.14. The van der Waals surface area contributed by atoms with E-state index in [1.54, 1.807) is 43.3 Å². The Balaban J connectivity index is 2.02. The molecule has 0 aliphatic heterocycles. The molecule has 0 radical (unpaired) electrons. The Morgan fingerprint density at radius 2 is 1.85 bits per heavy atom. The summed E-state index contributed by atoms with van der Waals surface area (Å²) in [7, 11) is 2.99. The minimum absolute atomic E-state index is 0.261. The van der Waals surface area contributed by atoms with E-state index in [0.717, 1.165) is 0 Å². The molecule has 140 valence electrons. The molecule has 27 heavy (non-hydrogen) atoms. The fourth-order valence-electron chi connectivity index (χ4n) is 2.61. The van der Waals surface area contributed by atoms with Crippen LogP contribution in [-0.2, 0) is 0 Å². The van der Waals surface area contributed by atoms with Crippen molar-refractivity contribution >= 4 is 34.8 Å². The lowest BCUT2D eigenvalue weighted by Gasteiger charge is -2.14. The van der Waals surface area contributed by atoms with Crippen LogP contribution in [0, 0.1) is 6.92 Å². The maximum atomic E-state index is 13.0. The molecule has 0 spiro atoms. The highest BCUT2D eigenvalue weighted by Gasteiger charge is 2.25. The molecule has 3 aromatic rings. The molecule has 6 nitrogen and oxygen atoms in total. The molecule has 0 saturated carbocycles. The Hall–Kier alpha value is -2.70. The third-order valence-electron chi connectivity index (χ3n) is 3.94. The van der Waals surface area contributed by atoms with Crippen molar-refractivity contribution in [2.75, 3.05) is 19.5 Å². The number of carbonyl (C=O) groups excluding carboxylic acids is 1. The number of benzene rings is 2. The highest BCUT2D eigenvalue weighted by molar-refractivity contribution is 6.35. The number of nitrogens with one attached hydrogen (secondary N) is 1. The van der Waals surface area contributed by atoms with Gasteiger partial charge in [-0.25, -0.2) is 0 Å². The molecule has 0 bridgehead atoms. The van der Waals surface area contributed by atoms with Crippen LogP contribution in [0.15, 0.2) is 40.9 Å². The largest absolute Gasteiger partial charge is 0.497 e. The fraction of sp³-hybridized carbons (Fsp3) is 0.158. The highest BCUT2D eigenvalue weighted by Crippen LogP contribution is 2.38. The number of aromatic nitrogens is 1. The lowest BCUT2D eigenvalue weighted by atomic mass is 10.1. The molecule has 1 amide bonds. The SMILES string of the molecule is COc1cc(Cl)c(NC(=O)c2c(-c3ccccc3Cl)noc2C)c(OC)c1. The van der Waals surface area contributed by atoms with Gasteiger partial charge in [0.15, 0.2) is 0 Å². The fourth-order valence-corrected chi connectivity index (χ4v) is 3.08. The maximum absolute atomic E-state index is 13.0. The molecule has 0 aliphatic rings. The molecule has 1 aromatic heterocycles. The van der Waals surface area contributed by atoms with Crippen molar-refractivity contribution in [3.8, 4) is 22.8 Å². The van der Waals surface area contributed by atoms with Crippen LogP contribution in [0.4, 0.5) is 5.69 Å². The van der Waals surface area contributed by atoms with E-state index < -0.39 is 5.91 Å². The van der Waals surface area contributed by atoms with Crippen LogP contribution in [0.1, 0.15) is 16.1 Å². The monoisotopic (exact) mass is 406 g/mol. The van der Waals surface area contributed by atoms with Crippen molar-refractivity contribution in [3.05, 3.63) is 57.8 Å². The molecule has 3 rings (SSSR count). The normalized spacial score (nSPS) is 10.6. The number of anilines is 1. The van der Waals surface area contributed by atoms with E-state index >= 15 is 0 Å². The Morgan fingerprint density at radius 1 is 1.11 bits per heavy atom. The average molecular weight is 407 g/mol. The van der Waals surface area contributed by atoms with Crippen molar-refractivity contribution < 1.29 is 18.8 Å². The molecular formula is C19H16Cl2N2O4. The quantitative estimate of drug-likeness (QED) is 0.627. The second-order valence-corrected chi connectivity index (χ2v) is 6.40. The zero-order valence-electron chi connectivity index (χ0n) is 14.8. The van der Waals surface area contributed by atoms with Crippen LogP contribution < -0.4 is 14.8 Å². The molecule has 0 saturated heterocycles. The zero-order valence-corrected chi connectivity index (χ0v) is 16.3. The topological polar surface area (TPSA) is 73.6 Å². The number of halogens is 2. The summed E-state index contributed by atoms with van der Waals surface area (Å²) in [6, 6.07) is 10.3. The molecule has 2 aromatic carbocycles. The van der Waals surface area contributed by atoms with Gasteiger partial charge in [0.05, 0.1) is 24.3 Å². The van der Waals surface area contributed by atoms with Gasteiger partial charge in [-0.15, -0.1) is 0 Å². The van der Waals surface area contributed by atoms with E-state index in [4.69, 9.17) is 37.2 Å². The van der Waals surface area contributed by atoms with Gasteiger partial charge in [0.25, 0.3) is 5.91 Å². The van der Waals surface area contributed by atoms with Crippen molar-refractivity contribution in [3.63, 3.8) is 0 Å². The minimum Gasteiger partial charge on any atom is -0.497 e. The van der Waals surface area contributed by atoms with Gasteiger partial charge in [0.2, 0.25) is 0 Å². The Morgan fingerprint density at radius 3 is 2.52 bits per heavy atom. The minimum atomic E-state index is -0.450. The number of nitrogens with zero attached hydrogens (tertiary/aromatic N) is 1. The van der Waals surface area contributed by atoms with Crippen LogP contribution in [0.5, 0.6) is 11.5 Å². The van der Waals surface area contributed by atoms with Gasteiger partial charge in [-0.05, 0) is 13.0 Å². The molecule has 8 heteroatoms. The van der Waals surface area contributed by atoms with Gasteiger partial charge in [0, 0.05) is 17.7 Å². The van der Waals surface area contributed by atoms with E-state index in [-0.39, 0.29) is 10.6 Å². The van der Waals surface area contributed by atoms with Gasteiger partial charge in [-0.1, -0.05) is 46.6 Å². The first-order valence-corrected chi connectivity index (χ1v) is 8.66. The molecule has 0 atom stereocenters. The van der Waals surface area contributed by atoms with Crippen molar-refractivity contribution in [1.82, 2.24) is 5.16 Å². The van der Waals surface area contributed by atoms with E-state index in [9.17, 15) is 4.79 Å². The van der Waals surface area contributed by atoms with Crippen molar-refractivity contribution in [1.29, 1.82) is 0 Å². The third-order valence-corrected chi connectivity index (χ3v) is 4.57. The van der Waals surface area contributed by atoms with Gasteiger partial charge in [0.1, 0.15) is 34.2 Å². The van der Waals surface area contributed by atoms with Crippen molar-refractivity contribution in [2.45, 2.75) is 6.92 Å². The van der Waals surface area contributed by atoms with E-state index in [1.807, 2.05) is 0 Å². The molecule has 0 unspecified atom stereocenters. The summed E-state index contributed by atoms with van der Waals surface area (Å²) in [5.41, 5.74) is 1.51. The Kier molecular flexibility index (Phi) is 5.58. The van der Waals surface area contributed by atoms with Crippen LogP contribution >= 0.6 is 23.2 Å². The van der Waals surface area contributed by atoms with E-state index in [1.165, 1.54) is 14.2 Å². The summed E-state index contributed by atoms with van der Waals surface area (Å²) in [6.45, 7) is 1.65. The second kappa shape index (κ2) is 7.90. The van der Waals surface area contributed by atoms with Gasteiger partial charge in [-0.3, -0.25) is 4.79 Å². The predicted molar refractivity (Wildman–Crippen MR) is 104 cm³/mol. The third kappa shape index (κ3) is 3.72. The smallest absolute Gasteiger partial charge is 0.261 e. The number of rotatable bonds is 5. The maximum Gasteiger partial charge on any atom is 0.261 e. The highest BCUT2D eigenvalue weighted by atomic mass is 35.5. The molecular weight excluding hydrogens is 391 g/mol. The number of hydrogen-bond donors (Lipinski definition) is 1. The summed E-state index contributed by atoms with van der Waals surface area (Å²) < 4.78 is 15.7. The lowest BCUT2D eigenvalue weighted by molar-refractivity contribution is 0.102. The molecule has 0 aliphatic carbocycles. The number of methoxy groups -OCH3 is 2. The number of amides is 1. The second-order valence-electron chi connectivity index (χ2n) is 5.58. The number of carbonyl (C=O) groups is 1. The van der Waals surface area contributed by atoms with E-state index in [0.29, 0.717) is 39.2 Å². The first-order chi connectivity index (χ1) is 13.0. The van der Waals surface area contributed by atoms with Gasteiger partial charge >= 0.3 is 0 Å². The Labute approximate surface area is 166 Å². The number of ether oxygens (including phenoxy) is 2. The number of hydrogen-bond acceptors (Lipinski definition) is 5. The summed E-state index contributed by atoms with van der Waals surface area (Å²) in [5, 5.41) is 7.49. The Bertz CT molecular complexity index is 1000. The average Bonchev–Trinajstić information content (AvgIpc) is 3.04. The van der Waals surface area contributed by atoms with Gasteiger partial charge in [-0.2, -0.15) is 0 Å². The summed E-state index contributed by atoms with van der Waals surface area (Å²) in [6.07, 6.45) is 0. The zero-order chi connectivity index (χ0) is 19.6. The summed E-state index contributed by atoms with van der Waals surface area (Å²) in [4.78, 5) is 13.0. The van der Waals surface area contributed by atoms with Crippen LogP contribution in [0.25, 0.3) is 11.3 Å². The summed E-state index contributed by atoms with van der Waals surface area (Å²) in [5.74, 6) is 0.772.